The molecule has 0 spiro atoms. The molecule has 0 bridgehead atoms. The summed E-state index contributed by atoms with van der Waals surface area (Å²) in [4.78, 5) is 0. The molecule has 0 N–H and O–H groups in total. The van der Waals surface area contributed by atoms with E-state index in [0.29, 0.717) is 0 Å². The molecule has 0 saturated heterocycles. The molecule has 1 aliphatic rings. The third-order valence-electron chi connectivity index (χ3n) is 1.23. The topological polar surface area (TPSA) is 14.1 Å². The van der Waals surface area contributed by atoms with E-state index in [1.165, 1.54) is 5.70 Å². The number of rotatable bonds is 1. The van der Waals surface area contributed by atoms with Gasteiger partial charge in [-0.1, -0.05) is 52.1 Å². The maximum atomic E-state index is 4.89. The predicted molar refractivity (Wildman–Crippen MR) is 75.5 cm³/mol. The molecule has 0 unspecified atom stereocenters. The van der Waals surface area contributed by atoms with Crippen molar-refractivity contribution in [3.8, 4) is 0 Å². The standard InChI is InChI=1S/C9H14N.C2H7Si.2ClH.Ti/c1-9(2,3)10-8-6-4-5-7-8;1-3-2;;;/h4-6H,7H2,1-3H3;3H,1-2H3;2*1H;/q-1;;;;+2/p-2. The molecule has 1 aliphatic carbocycles. The number of hydrogen-bond donors (Lipinski definition) is 0. The van der Waals surface area contributed by atoms with Gasteiger partial charge in [-0.15, -0.1) is 5.54 Å². The summed E-state index contributed by atoms with van der Waals surface area (Å²) in [6, 6.07) is 0. The fourth-order valence-electron chi connectivity index (χ4n) is 0.950. The Morgan fingerprint density at radius 2 is 1.75 bits per heavy atom. The van der Waals surface area contributed by atoms with Crippen LogP contribution in [0.25, 0.3) is 5.32 Å². The zero-order valence-electron chi connectivity index (χ0n) is 10.7. The Labute approximate surface area is 120 Å². The van der Waals surface area contributed by atoms with Crippen LogP contribution in [0, 0.1) is 0 Å². The van der Waals surface area contributed by atoms with Crippen LogP contribution in [0.2, 0.25) is 13.1 Å². The van der Waals surface area contributed by atoms with Gasteiger partial charge in [0, 0.05) is 9.52 Å². The molecule has 5 heteroatoms. The van der Waals surface area contributed by atoms with Crippen molar-refractivity contribution in [3.05, 3.63) is 29.2 Å². The molecule has 0 fully saturated rings. The first-order chi connectivity index (χ1) is 7.41. The van der Waals surface area contributed by atoms with Crippen molar-refractivity contribution in [1.82, 2.24) is 0 Å². The molecule has 1 rings (SSSR count). The fraction of sp³-hybridized carbons (Fsp3) is 0.636. The van der Waals surface area contributed by atoms with E-state index in [1.54, 1.807) is 0 Å². The molecular formula is C11H21Cl2NSiTi-. The van der Waals surface area contributed by atoms with Crippen LogP contribution in [0.15, 0.2) is 23.9 Å². The molecule has 0 aromatic rings. The first kappa shape index (κ1) is 19.1. The average molecular weight is 314 g/mol. The maximum absolute atomic E-state index is 4.89. The van der Waals surface area contributed by atoms with E-state index in [9.17, 15) is 0 Å². The molecule has 0 aromatic carbocycles. The van der Waals surface area contributed by atoms with Crippen molar-refractivity contribution in [2.75, 3.05) is 0 Å². The van der Waals surface area contributed by atoms with Crippen LogP contribution in [0.1, 0.15) is 27.2 Å². The quantitative estimate of drug-likeness (QED) is 0.611. The third kappa shape index (κ3) is 17.2. The summed E-state index contributed by atoms with van der Waals surface area (Å²) in [5.74, 6) is 0. The zero-order valence-corrected chi connectivity index (χ0v) is 14.9. The number of nitrogens with zero attached hydrogens (tertiary/aromatic N) is 1. The summed E-state index contributed by atoms with van der Waals surface area (Å²) in [6.45, 7) is 10.8. The van der Waals surface area contributed by atoms with Gasteiger partial charge in [0.2, 0.25) is 0 Å². The third-order valence-corrected chi connectivity index (χ3v) is 1.23. The molecule has 93 valence electrons. The number of hydrogen-bond acceptors (Lipinski definition) is 0. The average Bonchev–Trinajstić information content (AvgIpc) is 2.56. The van der Waals surface area contributed by atoms with Gasteiger partial charge in [0.1, 0.15) is 0 Å². The molecule has 16 heavy (non-hydrogen) atoms. The van der Waals surface area contributed by atoms with Crippen LogP contribution in [-0.2, 0) is 17.0 Å². The Morgan fingerprint density at radius 1 is 1.31 bits per heavy atom. The van der Waals surface area contributed by atoms with E-state index in [-0.39, 0.29) is 5.54 Å². The van der Waals surface area contributed by atoms with Gasteiger partial charge in [-0.25, -0.2) is 0 Å². The van der Waals surface area contributed by atoms with Crippen LogP contribution in [0.5, 0.6) is 0 Å². The van der Waals surface area contributed by atoms with Crippen LogP contribution in [-0.4, -0.2) is 15.1 Å². The summed E-state index contributed by atoms with van der Waals surface area (Å²) in [6.07, 6.45) is 7.28. The molecule has 0 aromatic heterocycles. The second kappa shape index (κ2) is 12.3. The van der Waals surface area contributed by atoms with Crippen LogP contribution >= 0.6 is 18.6 Å². The molecule has 0 amide bonds. The zero-order chi connectivity index (χ0) is 13.0. The monoisotopic (exact) mass is 313 g/mol. The van der Waals surface area contributed by atoms with Crippen molar-refractivity contribution < 1.29 is 17.0 Å². The molecule has 1 radical (unpaired) electrons. The van der Waals surface area contributed by atoms with E-state index in [4.69, 9.17) is 18.6 Å². The first-order valence-electron chi connectivity index (χ1n) is 5.20. The SMILES string of the molecule is CC(C)(C)[N-]C1=CC=CC1.C[SiH]C.[Cl][Ti][Cl]. The van der Waals surface area contributed by atoms with E-state index < -0.39 is 17.0 Å². The summed E-state index contributed by atoms with van der Waals surface area (Å²) < 4.78 is 0. The van der Waals surface area contributed by atoms with Gasteiger partial charge in [0.15, 0.2) is 0 Å². The second-order valence-electron chi connectivity index (χ2n) is 4.22. The summed E-state index contributed by atoms with van der Waals surface area (Å²) in [7, 11) is 10.5. The van der Waals surface area contributed by atoms with Crippen molar-refractivity contribution in [3.63, 3.8) is 0 Å². The minimum absolute atomic E-state index is 0.0812. The van der Waals surface area contributed by atoms with Crippen molar-refractivity contribution in [2.24, 2.45) is 0 Å². The summed E-state index contributed by atoms with van der Waals surface area (Å²) >= 11 is -0.556. The van der Waals surface area contributed by atoms with Crippen LogP contribution in [0.4, 0.5) is 0 Å². The molecule has 0 atom stereocenters. The van der Waals surface area contributed by atoms with Crippen molar-refractivity contribution in [1.29, 1.82) is 0 Å². The summed E-state index contributed by atoms with van der Waals surface area (Å²) in [5, 5.41) is 4.51. The van der Waals surface area contributed by atoms with E-state index in [1.807, 2.05) is 0 Å². The van der Waals surface area contributed by atoms with E-state index >= 15 is 0 Å². The molecule has 0 aliphatic heterocycles. The van der Waals surface area contributed by atoms with Crippen molar-refractivity contribution in [2.45, 2.75) is 45.8 Å². The van der Waals surface area contributed by atoms with Gasteiger partial charge in [0.05, 0.1) is 0 Å². The Kier molecular flexibility index (Phi) is 14.7. The van der Waals surface area contributed by atoms with E-state index in [0.717, 1.165) is 15.9 Å². The normalized spacial score (nSPS) is 12.8. The predicted octanol–water partition coefficient (Wildman–Crippen LogP) is 4.90. The van der Waals surface area contributed by atoms with Crippen LogP contribution < -0.4 is 0 Å². The second-order valence-corrected chi connectivity index (χ2v) is 7.96. The number of halogens is 2. The Hall–Kier alpha value is 0.791. The molecule has 0 heterocycles. The van der Waals surface area contributed by atoms with Gasteiger partial charge in [-0.2, -0.15) is 5.70 Å². The Balaban J connectivity index is 0. The Morgan fingerprint density at radius 3 is 2.00 bits per heavy atom. The number of allylic oxidation sites excluding steroid dienone is 3. The van der Waals surface area contributed by atoms with Gasteiger partial charge in [-0.3, -0.25) is 0 Å². The van der Waals surface area contributed by atoms with Gasteiger partial charge in [-0.05, 0) is 6.42 Å². The molecule has 1 nitrogen and oxygen atoms in total. The fourth-order valence-corrected chi connectivity index (χ4v) is 0.950. The van der Waals surface area contributed by atoms with Gasteiger partial charge >= 0.3 is 35.6 Å². The Bertz CT molecular complexity index is 211. The van der Waals surface area contributed by atoms with E-state index in [2.05, 4.69) is 57.4 Å². The molecular weight excluding hydrogens is 293 g/mol. The summed E-state index contributed by atoms with van der Waals surface area (Å²) in [5.41, 5.74) is 1.28. The van der Waals surface area contributed by atoms with Gasteiger partial charge in [0.25, 0.3) is 0 Å². The van der Waals surface area contributed by atoms with Crippen LogP contribution in [0.3, 0.4) is 0 Å². The molecule has 0 saturated carbocycles. The minimum atomic E-state index is -0.556. The first-order valence-corrected chi connectivity index (χ1v) is 11.8. The van der Waals surface area contributed by atoms with Gasteiger partial charge < -0.3 is 5.32 Å². The van der Waals surface area contributed by atoms with Crippen molar-refractivity contribution >= 4 is 28.1 Å².